The number of rotatable bonds is 7. The van der Waals surface area contributed by atoms with Crippen LogP contribution in [0.4, 0.5) is 5.69 Å². The van der Waals surface area contributed by atoms with Crippen molar-refractivity contribution in [2.45, 2.75) is 19.8 Å². The third-order valence-corrected chi connectivity index (χ3v) is 4.92. The molecule has 1 aliphatic carbocycles. The Morgan fingerprint density at radius 2 is 1.80 bits per heavy atom. The highest BCUT2D eigenvalue weighted by atomic mass is 16.5. The van der Waals surface area contributed by atoms with Gasteiger partial charge in [0.1, 0.15) is 0 Å². The lowest BCUT2D eigenvalue weighted by atomic mass is 10.1. The Morgan fingerprint density at radius 1 is 1.12 bits per heavy atom. The zero-order valence-corrected chi connectivity index (χ0v) is 14.8. The van der Waals surface area contributed by atoms with Crippen LogP contribution >= 0.6 is 0 Å². The van der Waals surface area contributed by atoms with Crippen molar-refractivity contribution in [2.24, 2.45) is 11.8 Å². The summed E-state index contributed by atoms with van der Waals surface area (Å²) in [6, 6.07) is 7.85. The van der Waals surface area contributed by atoms with E-state index in [-0.39, 0.29) is 23.7 Å². The normalized spacial score (nSPS) is 23.1. The Bertz CT molecular complexity index is 596. The molecule has 1 heterocycles. The molecule has 2 unspecified atom stereocenters. The number of morpholine rings is 1. The highest BCUT2D eigenvalue weighted by Gasteiger charge is 2.47. The van der Waals surface area contributed by atoms with Crippen molar-refractivity contribution >= 4 is 17.5 Å². The van der Waals surface area contributed by atoms with Crippen molar-refractivity contribution in [2.75, 3.05) is 44.7 Å². The van der Waals surface area contributed by atoms with Crippen LogP contribution in [-0.4, -0.2) is 56.1 Å². The number of nitrogens with one attached hydrogen (secondary N) is 2. The van der Waals surface area contributed by atoms with E-state index in [2.05, 4.69) is 22.5 Å². The average Bonchev–Trinajstić information content (AvgIpc) is 3.44. The number of ether oxygens (including phenoxy) is 1. The van der Waals surface area contributed by atoms with Crippen LogP contribution < -0.4 is 10.6 Å². The van der Waals surface area contributed by atoms with E-state index in [1.54, 1.807) is 0 Å². The van der Waals surface area contributed by atoms with Gasteiger partial charge >= 0.3 is 0 Å². The lowest BCUT2D eigenvalue weighted by Crippen LogP contribution is -2.41. The standard InChI is InChI=1S/C19H27N3O3/c1-2-14-3-5-15(6-4-14)21-19(24)17-13-16(17)18(23)20-7-8-22-9-11-25-12-10-22/h3-6,16-17H,2,7-13H2,1H3,(H,20,23)(H,21,24). The van der Waals surface area contributed by atoms with E-state index in [9.17, 15) is 9.59 Å². The van der Waals surface area contributed by atoms with E-state index in [0.29, 0.717) is 13.0 Å². The zero-order valence-electron chi connectivity index (χ0n) is 14.8. The maximum atomic E-state index is 12.3. The molecule has 3 rings (SSSR count). The van der Waals surface area contributed by atoms with Gasteiger partial charge in [-0.05, 0) is 30.5 Å². The molecular formula is C19H27N3O3. The van der Waals surface area contributed by atoms with Gasteiger partial charge in [-0.2, -0.15) is 0 Å². The number of benzene rings is 1. The number of anilines is 1. The van der Waals surface area contributed by atoms with Crippen molar-refractivity contribution in [1.82, 2.24) is 10.2 Å². The lowest BCUT2D eigenvalue weighted by Gasteiger charge is -2.26. The molecule has 0 radical (unpaired) electrons. The maximum Gasteiger partial charge on any atom is 0.228 e. The number of carbonyl (C=O) groups is 2. The summed E-state index contributed by atoms with van der Waals surface area (Å²) in [7, 11) is 0. The van der Waals surface area contributed by atoms with Gasteiger partial charge in [0.05, 0.1) is 25.0 Å². The molecular weight excluding hydrogens is 318 g/mol. The number of carbonyl (C=O) groups excluding carboxylic acids is 2. The number of hydrogen-bond acceptors (Lipinski definition) is 4. The SMILES string of the molecule is CCc1ccc(NC(=O)C2CC2C(=O)NCCN2CCOCC2)cc1. The Morgan fingerprint density at radius 3 is 2.48 bits per heavy atom. The van der Waals surface area contributed by atoms with Crippen LogP contribution in [0.1, 0.15) is 18.9 Å². The number of hydrogen-bond donors (Lipinski definition) is 2. The molecule has 0 bridgehead atoms. The first-order valence-electron chi connectivity index (χ1n) is 9.15. The average molecular weight is 345 g/mol. The van der Waals surface area contributed by atoms with Crippen molar-refractivity contribution in [3.05, 3.63) is 29.8 Å². The second-order valence-electron chi connectivity index (χ2n) is 6.73. The van der Waals surface area contributed by atoms with Crippen LogP contribution in [0, 0.1) is 11.8 Å². The Kier molecular flexibility index (Phi) is 6.04. The summed E-state index contributed by atoms with van der Waals surface area (Å²) in [6.45, 7) is 6.92. The molecule has 1 aromatic rings. The van der Waals surface area contributed by atoms with Gasteiger partial charge in [0, 0.05) is 31.9 Å². The van der Waals surface area contributed by atoms with Gasteiger partial charge in [0.2, 0.25) is 11.8 Å². The predicted molar refractivity (Wildman–Crippen MR) is 96.3 cm³/mol. The molecule has 1 aromatic carbocycles. The molecule has 1 aliphatic heterocycles. The molecule has 2 aliphatic rings. The van der Waals surface area contributed by atoms with E-state index in [1.165, 1.54) is 5.56 Å². The minimum absolute atomic E-state index is 0.00487. The van der Waals surface area contributed by atoms with E-state index < -0.39 is 0 Å². The fraction of sp³-hybridized carbons (Fsp3) is 0.579. The molecule has 136 valence electrons. The van der Waals surface area contributed by atoms with Crippen LogP contribution in [0.3, 0.4) is 0 Å². The summed E-state index contributed by atoms with van der Waals surface area (Å²) in [5, 5.41) is 5.86. The number of aryl methyl sites for hydroxylation is 1. The molecule has 25 heavy (non-hydrogen) atoms. The first-order valence-corrected chi connectivity index (χ1v) is 9.15. The fourth-order valence-electron chi connectivity index (χ4n) is 3.13. The molecule has 6 nitrogen and oxygen atoms in total. The van der Waals surface area contributed by atoms with Crippen molar-refractivity contribution in [1.29, 1.82) is 0 Å². The fourth-order valence-corrected chi connectivity index (χ4v) is 3.13. The van der Waals surface area contributed by atoms with Gasteiger partial charge in [-0.25, -0.2) is 0 Å². The minimum atomic E-state index is -0.200. The summed E-state index contributed by atoms with van der Waals surface area (Å²) < 4.78 is 5.30. The maximum absolute atomic E-state index is 12.3. The summed E-state index contributed by atoms with van der Waals surface area (Å²) in [5.41, 5.74) is 2.03. The smallest absolute Gasteiger partial charge is 0.228 e. The van der Waals surface area contributed by atoms with Crippen molar-refractivity contribution in [3.8, 4) is 0 Å². The predicted octanol–water partition coefficient (Wildman–Crippen LogP) is 1.27. The molecule has 2 atom stereocenters. The Labute approximate surface area is 148 Å². The minimum Gasteiger partial charge on any atom is -0.379 e. The molecule has 1 saturated carbocycles. The van der Waals surface area contributed by atoms with Crippen LogP contribution in [0.15, 0.2) is 24.3 Å². The highest BCUT2D eigenvalue weighted by Crippen LogP contribution is 2.39. The molecule has 6 heteroatoms. The van der Waals surface area contributed by atoms with Gasteiger partial charge < -0.3 is 15.4 Å². The van der Waals surface area contributed by atoms with Gasteiger partial charge in [-0.15, -0.1) is 0 Å². The Hall–Kier alpha value is -1.92. The first-order chi connectivity index (χ1) is 12.2. The largest absolute Gasteiger partial charge is 0.379 e. The topological polar surface area (TPSA) is 70.7 Å². The van der Waals surface area contributed by atoms with Gasteiger partial charge in [0.15, 0.2) is 0 Å². The quantitative estimate of drug-likeness (QED) is 0.781. The third kappa shape index (κ3) is 5.03. The van der Waals surface area contributed by atoms with E-state index in [4.69, 9.17) is 4.74 Å². The molecule has 2 fully saturated rings. The molecule has 0 spiro atoms. The highest BCUT2D eigenvalue weighted by molar-refractivity contribution is 5.99. The van der Waals surface area contributed by atoms with Gasteiger partial charge in [-0.3, -0.25) is 14.5 Å². The molecule has 0 aromatic heterocycles. The van der Waals surface area contributed by atoms with E-state index in [1.807, 2.05) is 24.3 Å². The first kappa shape index (κ1) is 17.9. The summed E-state index contributed by atoms with van der Waals surface area (Å²) in [4.78, 5) is 26.7. The third-order valence-electron chi connectivity index (χ3n) is 4.92. The number of amides is 2. The molecule has 2 amide bonds. The molecule has 2 N–H and O–H groups in total. The van der Waals surface area contributed by atoms with E-state index >= 15 is 0 Å². The van der Waals surface area contributed by atoms with Crippen LogP contribution in [0.5, 0.6) is 0 Å². The van der Waals surface area contributed by atoms with Crippen LogP contribution in [0.25, 0.3) is 0 Å². The lowest BCUT2D eigenvalue weighted by molar-refractivity contribution is -0.125. The number of nitrogens with zero attached hydrogens (tertiary/aromatic N) is 1. The zero-order chi connectivity index (χ0) is 17.6. The van der Waals surface area contributed by atoms with Crippen LogP contribution in [-0.2, 0) is 20.7 Å². The molecule has 1 saturated heterocycles. The van der Waals surface area contributed by atoms with E-state index in [0.717, 1.165) is 45.0 Å². The summed E-state index contributed by atoms with van der Waals surface area (Å²) >= 11 is 0. The van der Waals surface area contributed by atoms with Gasteiger partial charge in [-0.1, -0.05) is 19.1 Å². The monoisotopic (exact) mass is 345 g/mol. The Balaban J connectivity index is 1.37. The second-order valence-corrected chi connectivity index (χ2v) is 6.73. The summed E-state index contributed by atoms with van der Waals surface area (Å²) in [5.74, 6) is -0.443. The second kappa shape index (κ2) is 8.45. The van der Waals surface area contributed by atoms with Crippen LogP contribution in [0.2, 0.25) is 0 Å². The summed E-state index contributed by atoms with van der Waals surface area (Å²) in [6.07, 6.45) is 1.62. The van der Waals surface area contributed by atoms with Gasteiger partial charge in [0.25, 0.3) is 0 Å². The van der Waals surface area contributed by atoms with Crippen molar-refractivity contribution < 1.29 is 14.3 Å². The van der Waals surface area contributed by atoms with Crippen molar-refractivity contribution in [3.63, 3.8) is 0 Å².